The molecule has 0 bridgehead atoms. The summed E-state index contributed by atoms with van der Waals surface area (Å²) < 4.78 is 6.33. The fourth-order valence-corrected chi connectivity index (χ4v) is 6.65. The molecule has 0 saturated carbocycles. The van der Waals surface area contributed by atoms with Crippen molar-refractivity contribution >= 4 is 39.0 Å². The summed E-state index contributed by atoms with van der Waals surface area (Å²) in [5.74, 6) is 0. The van der Waals surface area contributed by atoms with E-state index in [0.717, 1.165) is 72.4 Å². The van der Waals surface area contributed by atoms with Gasteiger partial charge in [0.05, 0.1) is 22.3 Å². The quantitative estimate of drug-likeness (QED) is 0.175. The summed E-state index contributed by atoms with van der Waals surface area (Å²) in [7, 11) is 0. The fourth-order valence-electron chi connectivity index (χ4n) is 6.65. The second-order valence-electron chi connectivity index (χ2n) is 12.2. The van der Waals surface area contributed by atoms with Crippen molar-refractivity contribution in [2.75, 3.05) is 4.90 Å². The Balaban J connectivity index is 1.19. The van der Waals surface area contributed by atoms with Gasteiger partial charge < -0.3 is 9.32 Å². The van der Waals surface area contributed by atoms with Crippen LogP contribution in [0.4, 0.5) is 17.1 Å². The third-order valence-electron chi connectivity index (χ3n) is 9.28. The Hall–Kier alpha value is -7.90. The minimum Gasteiger partial charge on any atom is -0.455 e. The van der Waals surface area contributed by atoms with E-state index in [-0.39, 0.29) is 0 Å². The van der Waals surface area contributed by atoms with Gasteiger partial charge in [0.15, 0.2) is 0 Å². The minimum atomic E-state index is 0.341. The standard InChI is InChI=1S/C46H25N5O/c47-26-35-10-8-33(24-37(35)28-49)30-12-18-39(19-13-30)51(40-20-14-31(15-21-40)34-9-11-36(27-48)38(25-34)29-50)41-22-16-32(17-23-41)42-5-3-6-44-43-4-1-2-7-45(43)52-46(42)44/h1-25H. The van der Waals surface area contributed by atoms with Gasteiger partial charge >= 0.3 is 0 Å². The van der Waals surface area contributed by atoms with Crippen LogP contribution in [0.25, 0.3) is 55.3 Å². The highest BCUT2D eigenvalue weighted by atomic mass is 16.3. The van der Waals surface area contributed by atoms with Gasteiger partial charge in [0.2, 0.25) is 0 Å². The molecule has 8 rings (SSSR count). The number of rotatable bonds is 6. The molecule has 0 spiro atoms. The van der Waals surface area contributed by atoms with Gasteiger partial charge in [0, 0.05) is 33.4 Å². The van der Waals surface area contributed by atoms with E-state index in [1.807, 2.05) is 78.9 Å². The van der Waals surface area contributed by atoms with Crippen LogP contribution in [0, 0.1) is 45.3 Å². The van der Waals surface area contributed by atoms with Crippen LogP contribution in [0.5, 0.6) is 0 Å². The Morgan fingerprint density at radius 2 is 0.827 bits per heavy atom. The molecule has 6 heteroatoms. The van der Waals surface area contributed by atoms with Crippen LogP contribution in [0.2, 0.25) is 0 Å². The lowest BCUT2D eigenvalue weighted by Crippen LogP contribution is -2.09. The van der Waals surface area contributed by atoms with E-state index in [1.165, 1.54) is 0 Å². The first-order chi connectivity index (χ1) is 25.6. The summed E-state index contributed by atoms with van der Waals surface area (Å²) >= 11 is 0. The summed E-state index contributed by atoms with van der Waals surface area (Å²) in [6, 6.07) is 57.8. The zero-order valence-corrected chi connectivity index (χ0v) is 27.6. The van der Waals surface area contributed by atoms with Crippen molar-refractivity contribution in [1.29, 1.82) is 21.0 Å². The molecule has 240 valence electrons. The monoisotopic (exact) mass is 663 g/mol. The highest BCUT2D eigenvalue weighted by Gasteiger charge is 2.16. The van der Waals surface area contributed by atoms with Gasteiger partial charge in [-0.2, -0.15) is 21.0 Å². The normalized spacial score (nSPS) is 10.6. The molecule has 0 fully saturated rings. The van der Waals surface area contributed by atoms with Gasteiger partial charge in [-0.15, -0.1) is 0 Å². The van der Waals surface area contributed by atoms with Gasteiger partial charge in [-0.25, -0.2) is 0 Å². The van der Waals surface area contributed by atoms with Crippen molar-refractivity contribution in [2.24, 2.45) is 0 Å². The molecule has 0 amide bonds. The molecule has 1 heterocycles. The maximum Gasteiger partial charge on any atom is 0.143 e. The predicted octanol–water partition coefficient (Wildman–Crippen LogP) is 11.5. The lowest BCUT2D eigenvalue weighted by atomic mass is 9.99. The van der Waals surface area contributed by atoms with E-state index >= 15 is 0 Å². The number of benzene rings is 7. The summed E-state index contributed by atoms with van der Waals surface area (Å²) in [4.78, 5) is 2.16. The molecule has 1 aromatic heterocycles. The van der Waals surface area contributed by atoms with Crippen LogP contribution in [0.1, 0.15) is 22.3 Å². The van der Waals surface area contributed by atoms with Gasteiger partial charge in [0.25, 0.3) is 0 Å². The van der Waals surface area contributed by atoms with Gasteiger partial charge in [0.1, 0.15) is 35.4 Å². The molecule has 0 aliphatic heterocycles. The number of hydrogen-bond acceptors (Lipinski definition) is 6. The van der Waals surface area contributed by atoms with E-state index in [0.29, 0.717) is 22.3 Å². The van der Waals surface area contributed by atoms with Crippen LogP contribution in [0.3, 0.4) is 0 Å². The number of hydrogen-bond donors (Lipinski definition) is 0. The Labute approximate surface area is 300 Å². The first-order valence-electron chi connectivity index (χ1n) is 16.5. The maximum atomic E-state index is 9.57. The number of furan rings is 1. The lowest BCUT2D eigenvalue weighted by Gasteiger charge is -2.26. The molecule has 0 aliphatic carbocycles. The smallest absolute Gasteiger partial charge is 0.143 e. The van der Waals surface area contributed by atoms with Crippen LogP contribution in [-0.2, 0) is 0 Å². The van der Waals surface area contributed by atoms with Crippen molar-refractivity contribution in [1.82, 2.24) is 0 Å². The van der Waals surface area contributed by atoms with E-state index in [1.54, 1.807) is 24.3 Å². The molecule has 0 radical (unpaired) electrons. The topological polar surface area (TPSA) is 112 Å². The summed E-state index contributed by atoms with van der Waals surface area (Å²) in [5.41, 5.74) is 11.4. The molecule has 8 aromatic rings. The SMILES string of the molecule is N#Cc1ccc(-c2ccc(N(c3ccc(-c4ccc(C#N)c(C#N)c4)cc3)c3ccc(-c4cccc5c4oc4ccccc45)cc3)cc2)cc1C#N. The van der Waals surface area contributed by atoms with Crippen molar-refractivity contribution in [2.45, 2.75) is 0 Å². The predicted molar refractivity (Wildman–Crippen MR) is 204 cm³/mol. The summed E-state index contributed by atoms with van der Waals surface area (Å²) in [5, 5.41) is 40.1. The number of nitriles is 4. The molecule has 52 heavy (non-hydrogen) atoms. The van der Waals surface area contributed by atoms with Gasteiger partial charge in [-0.1, -0.05) is 84.9 Å². The maximum absolute atomic E-state index is 9.57. The minimum absolute atomic E-state index is 0.341. The van der Waals surface area contributed by atoms with Crippen molar-refractivity contribution in [3.8, 4) is 57.7 Å². The lowest BCUT2D eigenvalue weighted by molar-refractivity contribution is 0.670. The van der Waals surface area contributed by atoms with Gasteiger partial charge in [-0.3, -0.25) is 0 Å². The Morgan fingerprint density at radius 3 is 1.33 bits per heavy atom. The molecule has 0 atom stereocenters. The highest BCUT2D eigenvalue weighted by molar-refractivity contribution is 6.09. The van der Waals surface area contributed by atoms with Crippen molar-refractivity contribution in [3.63, 3.8) is 0 Å². The van der Waals surface area contributed by atoms with E-state index in [9.17, 15) is 21.0 Å². The summed E-state index contributed by atoms with van der Waals surface area (Å²) in [6.07, 6.45) is 0. The molecular weight excluding hydrogens is 639 g/mol. The molecule has 0 N–H and O–H groups in total. The van der Waals surface area contributed by atoms with Crippen molar-refractivity contribution in [3.05, 3.63) is 174 Å². The Morgan fingerprint density at radius 1 is 0.385 bits per heavy atom. The second-order valence-corrected chi connectivity index (χ2v) is 12.2. The van der Waals surface area contributed by atoms with Crippen LogP contribution in [-0.4, -0.2) is 0 Å². The fraction of sp³-hybridized carbons (Fsp3) is 0. The molecule has 0 aliphatic rings. The first-order valence-corrected chi connectivity index (χ1v) is 16.5. The second kappa shape index (κ2) is 13.2. The first kappa shape index (κ1) is 31.4. The number of nitrogens with zero attached hydrogens (tertiary/aromatic N) is 5. The van der Waals surface area contributed by atoms with Crippen molar-refractivity contribution < 1.29 is 4.42 Å². The van der Waals surface area contributed by atoms with Crippen LogP contribution < -0.4 is 4.90 Å². The molecule has 0 unspecified atom stereocenters. The van der Waals surface area contributed by atoms with E-state index < -0.39 is 0 Å². The van der Waals surface area contributed by atoms with E-state index in [4.69, 9.17) is 4.42 Å². The average molecular weight is 664 g/mol. The third-order valence-corrected chi connectivity index (χ3v) is 9.28. The third kappa shape index (κ3) is 5.56. The number of fused-ring (bicyclic) bond motifs is 3. The Kier molecular flexibility index (Phi) is 7.96. The molecule has 6 nitrogen and oxygen atoms in total. The zero-order valence-electron chi connectivity index (χ0n) is 27.6. The molecule has 0 saturated heterocycles. The molecular formula is C46H25N5O. The summed E-state index contributed by atoms with van der Waals surface area (Å²) in [6.45, 7) is 0. The average Bonchev–Trinajstić information content (AvgIpc) is 3.60. The van der Waals surface area contributed by atoms with Crippen LogP contribution in [0.15, 0.2) is 156 Å². The zero-order chi connectivity index (χ0) is 35.6. The van der Waals surface area contributed by atoms with E-state index in [2.05, 4.69) is 77.7 Å². The number of anilines is 3. The molecule has 7 aromatic carbocycles. The van der Waals surface area contributed by atoms with Gasteiger partial charge in [-0.05, 0) is 94.5 Å². The number of para-hydroxylation sites is 2. The Bertz CT molecular complexity index is 2700. The highest BCUT2D eigenvalue weighted by Crippen LogP contribution is 2.40. The largest absolute Gasteiger partial charge is 0.455 e. The van der Waals surface area contributed by atoms with Crippen LogP contribution >= 0.6 is 0 Å².